The van der Waals surface area contributed by atoms with E-state index in [0.717, 1.165) is 5.56 Å². The maximum absolute atomic E-state index is 12.7. The lowest BCUT2D eigenvalue weighted by atomic mass is 10.0. The highest BCUT2D eigenvalue weighted by Gasteiger charge is 2.18. The number of anilines is 1. The monoisotopic (exact) mass is 342 g/mol. The van der Waals surface area contributed by atoms with Gasteiger partial charge in [-0.05, 0) is 50.3 Å². The highest BCUT2D eigenvalue weighted by molar-refractivity contribution is 6.07. The van der Waals surface area contributed by atoms with E-state index in [1.54, 1.807) is 13.0 Å². The number of para-hydroxylation sites is 1. The Balaban J connectivity index is 2.36. The standard InChI is InChI=1S/C19H22N2O4/c1-12-9-17(25-4)15(19(23)24)10-14(12)18(22)20-16-8-6-5-7-13(16)11-21(2)3/h5-10H,11H2,1-4H3,(H,20,22)(H,23,24). The number of methoxy groups -OCH3 is 1. The first-order valence-electron chi connectivity index (χ1n) is 7.79. The lowest BCUT2D eigenvalue weighted by Gasteiger charge is -2.16. The van der Waals surface area contributed by atoms with E-state index < -0.39 is 5.97 Å². The van der Waals surface area contributed by atoms with Crippen molar-refractivity contribution in [2.24, 2.45) is 0 Å². The van der Waals surface area contributed by atoms with Crippen molar-refractivity contribution in [3.8, 4) is 5.75 Å². The van der Waals surface area contributed by atoms with Crippen LogP contribution in [0.3, 0.4) is 0 Å². The second kappa shape index (κ2) is 7.81. The molecule has 0 saturated heterocycles. The molecule has 2 N–H and O–H groups in total. The molecule has 132 valence electrons. The fraction of sp³-hybridized carbons (Fsp3) is 0.263. The Morgan fingerprint density at radius 1 is 1.16 bits per heavy atom. The van der Waals surface area contributed by atoms with Gasteiger partial charge < -0.3 is 20.1 Å². The number of rotatable bonds is 6. The molecule has 0 aliphatic heterocycles. The summed E-state index contributed by atoms with van der Waals surface area (Å²) in [7, 11) is 5.30. The summed E-state index contributed by atoms with van der Waals surface area (Å²) in [6, 6.07) is 10.4. The van der Waals surface area contributed by atoms with Crippen molar-refractivity contribution in [3.63, 3.8) is 0 Å². The molecule has 0 unspecified atom stereocenters. The highest BCUT2D eigenvalue weighted by Crippen LogP contribution is 2.25. The van der Waals surface area contributed by atoms with Crippen molar-refractivity contribution < 1.29 is 19.4 Å². The van der Waals surface area contributed by atoms with Crippen LogP contribution in [0.1, 0.15) is 31.8 Å². The van der Waals surface area contributed by atoms with Crippen LogP contribution in [-0.4, -0.2) is 43.1 Å². The molecule has 6 heteroatoms. The average Bonchev–Trinajstić information content (AvgIpc) is 2.55. The molecule has 0 heterocycles. The maximum Gasteiger partial charge on any atom is 0.339 e. The number of nitrogens with one attached hydrogen (secondary N) is 1. The van der Waals surface area contributed by atoms with E-state index in [0.29, 0.717) is 23.4 Å². The molecule has 2 rings (SSSR count). The molecular formula is C19H22N2O4. The number of carbonyl (C=O) groups is 2. The molecular weight excluding hydrogens is 320 g/mol. The highest BCUT2D eigenvalue weighted by atomic mass is 16.5. The number of carboxylic acid groups (broad SMARTS) is 1. The SMILES string of the molecule is COc1cc(C)c(C(=O)Nc2ccccc2CN(C)C)cc1C(=O)O. The molecule has 0 saturated carbocycles. The third-order valence-corrected chi connectivity index (χ3v) is 3.77. The van der Waals surface area contributed by atoms with Gasteiger partial charge >= 0.3 is 5.97 Å². The van der Waals surface area contributed by atoms with E-state index in [1.165, 1.54) is 13.2 Å². The van der Waals surface area contributed by atoms with Gasteiger partial charge in [0.25, 0.3) is 5.91 Å². The fourth-order valence-electron chi connectivity index (χ4n) is 2.57. The van der Waals surface area contributed by atoms with Gasteiger partial charge in [0, 0.05) is 17.8 Å². The molecule has 0 aromatic heterocycles. The van der Waals surface area contributed by atoms with E-state index in [4.69, 9.17) is 4.74 Å². The van der Waals surface area contributed by atoms with Crippen molar-refractivity contribution in [3.05, 3.63) is 58.7 Å². The van der Waals surface area contributed by atoms with Gasteiger partial charge in [-0.3, -0.25) is 4.79 Å². The number of carboxylic acids is 1. The second-order valence-electron chi connectivity index (χ2n) is 6.02. The van der Waals surface area contributed by atoms with E-state index >= 15 is 0 Å². The summed E-state index contributed by atoms with van der Waals surface area (Å²) in [4.78, 5) is 26.1. The van der Waals surface area contributed by atoms with Gasteiger partial charge in [0.15, 0.2) is 0 Å². The number of nitrogens with zero attached hydrogens (tertiary/aromatic N) is 1. The number of aryl methyl sites for hydroxylation is 1. The number of hydrogen-bond acceptors (Lipinski definition) is 4. The topological polar surface area (TPSA) is 78.9 Å². The summed E-state index contributed by atoms with van der Waals surface area (Å²) < 4.78 is 5.09. The number of hydrogen-bond donors (Lipinski definition) is 2. The van der Waals surface area contributed by atoms with Crippen molar-refractivity contribution in [1.29, 1.82) is 0 Å². The van der Waals surface area contributed by atoms with Crippen LogP contribution in [-0.2, 0) is 6.54 Å². The van der Waals surface area contributed by atoms with Crippen LogP contribution < -0.4 is 10.1 Å². The minimum absolute atomic E-state index is 0.0418. The van der Waals surface area contributed by atoms with Crippen LogP contribution in [0.5, 0.6) is 5.75 Å². The minimum atomic E-state index is -1.14. The Labute approximate surface area is 147 Å². The van der Waals surface area contributed by atoms with E-state index in [1.807, 2.05) is 43.3 Å². The van der Waals surface area contributed by atoms with E-state index in [-0.39, 0.29) is 17.2 Å². The number of benzene rings is 2. The number of ether oxygens (including phenoxy) is 1. The van der Waals surface area contributed by atoms with Crippen LogP contribution in [0.4, 0.5) is 5.69 Å². The van der Waals surface area contributed by atoms with E-state index in [9.17, 15) is 14.7 Å². The van der Waals surface area contributed by atoms with Crippen molar-refractivity contribution >= 4 is 17.6 Å². The number of carbonyl (C=O) groups excluding carboxylic acids is 1. The van der Waals surface area contributed by atoms with Crippen LogP contribution in [0.25, 0.3) is 0 Å². The number of amides is 1. The molecule has 0 bridgehead atoms. The summed E-state index contributed by atoms with van der Waals surface area (Å²) in [6.07, 6.45) is 0. The molecule has 0 spiro atoms. The van der Waals surface area contributed by atoms with Crippen molar-refractivity contribution in [2.75, 3.05) is 26.5 Å². The van der Waals surface area contributed by atoms with Gasteiger partial charge in [-0.2, -0.15) is 0 Å². The molecule has 25 heavy (non-hydrogen) atoms. The Kier molecular flexibility index (Phi) is 5.77. The smallest absolute Gasteiger partial charge is 0.339 e. The van der Waals surface area contributed by atoms with Crippen molar-refractivity contribution in [2.45, 2.75) is 13.5 Å². The van der Waals surface area contributed by atoms with E-state index in [2.05, 4.69) is 5.32 Å². The lowest BCUT2D eigenvalue weighted by Crippen LogP contribution is -2.18. The summed E-state index contributed by atoms with van der Waals surface area (Å²) >= 11 is 0. The van der Waals surface area contributed by atoms with Crippen molar-refractivity contribution in [1.82, 2.24) is 4.90 Å². The molecule has 1 amide bonds. The van der Waals surface area contributed by atoms with Crippen LogP contribution in [0, 0.1) is 6.92 Å². The normalized spacial score (nSPS) is 10.6. The zero-order valence-corrected chi connectivity index (χ0v) is 14.8. The molecule has 6 nitrogen and oxygen atoms in total. The third-order valence-electron chi connectivity index (χ3n) is 3.77. The maximum atomic E-state index is 12.7. The lowest BCUT2D eigenvalue weighted by molar-refractivity contribution is 0.0693. The Bertz CT molecular complexity index is 800. The minimum Gasteiger partial charge on any atom is -0.496 e. The molecule has 0 atom stereocenters. The fourth-order valence-corrected chi connectivity index (χ4v) is 2.57. The summed E-state index contributed by atoms with van der Waals surface area (Å²) in [6.45, 7) is 2.42. The summed E-state index contributed by atoms with van der Waals surface area (Å²) in [5.74, 6) is -1.26. The van der Waals surface area contributed by atoms with Gasteiger partial charge in [0.1, 0.15) is 11.3 Å². The molecule has 0 aliphatic carbocycles. The second-order valence-corrected chi connectivity index (χ2v) is 6.02. The van der Waals surface area contributed by atoms with Gasteiger partial charge in [-0.1, -0.05) is 18.2 Å². The van der Waals surface area contributed by atoms with Crippen LogP contribution in [0.2, 0.25) is 0 Å². The predicted molar refractivity (Wildman–Crippen MR) is 96.5 cm³/mol. The molecule has 0 fully saturated rings. The Morgan fingerprint density at radius 3 is 2.44 bits per heavy atom. The number of aromatic carboxylic acids is 1. The Morgan fingerprint density at radius 2 is 1.84 bits per heavy atom. The zero-order valence-electron chi connectivity index (χ0n) is 14.8. The molecule has 0 radical (unpaired) electrons. The van der Waals surface area contributed by atoms with Gasteiger partial charge in [0.05, 0.1) is 7.11 Å². The molecule has 2 aromatic rings. The van der Waals surface area contributed by atoms with Crippen LogP contribution in [0.15, 0.2) is 36.4 Å². The van der Waals surface area contributed by atoms with Gasteiger partial charge in [-0.25, -0.2) is 4.79 Å². The summed E-state index contributed by atoms with van der Waals surface area (Å²) in [5, 5.41) is 12.2. The third kappa shape index (κ3) is 4.36. The average molecular weight is 342 g/mol. The predicted octanol–water partition coefficient (Wildman–Crippen LogP) is 3.02. The first-order valence-corrected chi connectivity index (χ1v) is 7.79. The Hall–Kier alpha value is -2.86. The summed E-state index contributed by atoms with van der Waals surface area (Å²) in [5.41, 5.74) is 2.58. The first-order chi connectivity index (χ1) is 11.8. The zero-order chi connectivity index (χ0) is 18.6. The molecule has 0 aliphatic rings. The largest absolute Gasteiger partial charge is 0.496 e. The first kappa shape index (κ1) is 18.5. The molecule has 2 aromatic carbocycles. The van der Waals surface area contributed by atoms with Gasteiger partial charge in [0.2, 0.25) is 0 Å². The quantitative estimate of drug-likeness (QED) is 0.844. The van der Waals surface area contributed by atoms with Crippen LogP contribution >= 0.6 is 0 Å². The van der Waals surface area contributed by atoms with Gasteiger partial charge in [-0.15, -0.1) is 0 Å².